The summed E-state index contributed by atoms with van der Waals surface area (Å²) in [5.74, 6) is 0.295. The summed E-state index contributed by atoms with van der Waals surface area (Å²) in [6, 6.07) is 14.7. The number of ether oxygens (including phenoxy) is 1. The molecule has 172 valence electrons. The number of likely N-dealkylation sites (tertiary alicyclic amines) is 1. The van der Waals surface area contributed by atoms with E-state index in [9.17, 15) is 14.4 Å². The normalized spacial score (nSPS) is 16.6. The number of hydrogen-bond donors (Lipinski definition) is 1. The van der Waals surface area contributed by atoms with Crippen LogP contribution < -0.4 is 10.1 Å². The van der Waals surface area contributed by atoms with E-state index in [4.69, 9.17) is 4.74 Å². The summed E-state index contributed by atoms with van der Waals surface area (Å²) in [5, 5.41) is 2.95. The van der Waals surface area contributed by atoms with Crippen LogP contribution in [-0.2, 0) is 11.3 Å². The minimum Gasteiger partial charge on any atom is -0.491 e. The van der Waals surface area contributed by atoms with E-state index in [0.717, 1.165) is 11.3 Å². The molecule has 0 bridgehead atoms. The summed E-state index contributed by atoms with van der Waals surface area (Å²) in [5.41, 5.74) is 2.47. The van der Waals surface area contributed by atoms with Crippen molar-refractivity contribution in [1.29, 1.82) is 0 Å². The van der Waals surface area contributed by atoms with Crippen molar-refractivity contribution in [3.8, 4) is 5.75 Å². The first kappa shape index (κ1) is 22.6. The largest absolute Gasteiger partial charge is 0.491 e. The molecule has 0 aliphatic carbocycles. The molecule has 1 N–H and O–H groups in total. The summed E-state index contributed by atoms with van der Waals surface area (Å²) >= 11 is 0. The highest BCUT2D eigenvalue weighted by Crippen LogP contribution is 2.27. The molecule has 0 spiro atoms. The van der Waals surface area contributed by atoms with Crippen LogP contribution in [0.4, 0.5) is 10.5 Å². The quantitative estimate of drug-likeness (QED) is 0.530. The first-order valence-corrected chi connectivity index (χ1v) is 11.3. The Balaban J connectivity index is 1.29. The number of nitrogens with one attached hydrogen (secondary N) is 1. The number of hydrogen-bond acceptors (Lipinski definition) is 4. The number of fused-ring (bicyclic) bond motifs is 1. The number of para-hydroxylation sites is 1. The average Bonchev–Trinajstić information content (AvgIpc) is 2.82. The molecule has 0 atom stereocenters. The third kappa shape index (κ3) is 5.42. The molecule has 7 nitrogen and oxygen atoms in total. The van der Waals surface area contributed by atoms with Gasteiger partial charge >= 0.3 is 6.03 Å². The molecule has 2 heterocycles. The first-order valence-electron chi connectivity index (χ1n) is 11.3. The minimum absolute atomic E-state index is 0.0633. The SMILES string of the molecule is CC(C)Oc1ccc(C(=O)/C=C/C(=O)N2CCC(N3Cc4ccccc4NC3=O)CC2)cc1. The van der Waals surface area contributed by atoms with E-state index < -0.39 is 0 Å². The van der Waals surface area contributed by atoms with Gasteiger partial charge in [-0.25, -0.2) is 4.79 Å². The van der Waals surface area contributed by atoms with Crippen molar-refractivity contribution in [1.82, 2.24) is 9.80 Å². The van der Waals surface area contributed by atoms with Crippen LogP contribution in [0.2, 0.25) is 0 Å². The molecule has 7 heteroatoms. The van der Waals surface area contributed by atoms with E-state index in [-0.39, 0.29) is 29.9 Å². The molecule has 33 heavy (non-hydrogen) atoms. The fourth-order valence-electron chi connectivity index (χ4n) is 4.23. The zero-order valence-corrected chi connectivity index (χ0v) is 19.0. The Kier molecular flexibility index (Phi) is 6.77. The van der Waals surface area contributed by atoms with E-state index in [1.165, 1.54) is 12.2 Å². The molecule has 1 fully saturated rings. The lowest BCUT2D eigenvalue weighted by Gasteiger charge is -2.40. The van der Waals surface area contributed by atoms with Crippen molar-refractivity contribution < 1.29 is 19.1 Å². The van der Waals surface area contributed by atoms with Crippen molar-refractivity contribution in [3.05, 3.63) is 71.8 Å². The van der Waals surface area contributed by atoms with Crippen LogP contribution in [0.3, 0.4) is 0 Å². The Morgan fingerprint density at radius 2 is 1.73 bits per heavy atom. The predicted octanol–water partition coefficient (Wildman–Crippen LogP) is 4.25. The van der Waals surface area contributed by atoms with Gasteiger partial charge in [0.25, 0.3) is 0 Å². The highest BCUT2D eigenvalue weighted by molar-refractivity contribution is 6.07. The van der Waals surface area contributed by atoms with E-state index >= 15 is 0 Å². The number of carbonyl (C=O) groups is 3. The molecule has 2 aromatic rings. The van der Waals surface area contributed by atoms with Gasteiger partial charge in [-0.05, 0) is 68.7 Å². The molecule has 4 rings (SSSR count). The Hall–Kier alpha value is -3.61. The predicted molar refractivity (Wildman–Crippen MR) is 126 cm³/mol. The van der Waals surface area contributed by atoms with Crippen LogP contribution in [0.5, 0.6) is 5.75 Å². The first-order chi connectivity index (χ1) is 15.9. The molecule has 0 unspecified atom stereocenters. The fraction of sp³-hybridized carbons (Fsp3) is 0.346. The third-order valence-corrected chi connectivity index (χ3v) is 5.97. The second-order valence-electron chi connectivity index (χ2n) is 8.66. The number of piperidine rings is 1. The molecular formula is C26H29N3O4. The number of urea groups is 1. The number of anilines is 1. The lowest BCUT2D eigenvalue weighted by Crippen LogP contribution is -2.50. The van der Waals surface area contributed by atoms with Gasteiger partial charge < -0.3 is 19.9 Å². The van der Waals surface area contributed by atoms with Crippen molar-refractivity contribution in [3.63, 3.8) is 0 Å². The Morgan fingerprint density at radius 1 is 1.03 bits per heavy atom. The van der Waals surface area contributed by atoms with Gasteiger partial charge in [-0.1, -0.05) is 18.2 Å². The maximum Gasteiger partial charge on any atom is 0.322 e. The number of nitrogens with zero attached hydrogens (tertiary/aromatic N) is 2. The zero-order chi connectivity index (χ0) is 23.4. The van der Waals surface area contributed by atoms with Gasteiger partial charge in [-0.3, -0.25) is 9.59 Å². The van der Waals surface area contributed by atoms with Crippen molar-refractivity contribution in [2.45, 2.75) is 45.4 Å². The smallest absolute Gasteiger partial charge is 0.322 e. The summed E-state index contributed by atoms with van der Waals surface area (Å²) in [4.78, 5) is 41.1. The minimum atomic E-state index is -0.224. The molecule has 0 radical (unpaired) electrons. The van der Waals surface area contributed by atoms with E-state index in [2.05, 4.69) is 5.32 Å². The lowest BCUT2D eigenvalue weighted by molar-refractivity contribution is -0.127. The van der Waals surface area contributed by atoms with Gasteiger partial charge in [0.1, 0.15) is 5.75 Å². The molecule has 2 aromatic carbocycles. The second-order valence-corrected chi connectivity index (χ2v) is 8.66. The van der Waals surface area contributed by atoms with Gasteiger partial charge in [-0.2, -0.15) is 0 Å². The topological polar surface area (TPSA) is 79.0 Å². The molecular weight excluding hydrogens is 418 g/mol. The number of rotatable bonds is 6. The van der Waals surface area contributed by atoms with Crippen LogP contribution in [0, 0.1) is 0 Å². The van der Waals surface area contributed by atoms with Crippen LogP contribution in [0.15, 0.2) is 60.7 Å². The molecule has 0 saturated carbocycles. The van der Waals surface area contributed by atoms with E-state index in [1.54, 1.807) is 29.2 Å². The van der Waals surface area contributed by atoms with Crippen molar-refractivity contribution in [2.24, 2.45) is 0 Å². The average molecular weight is 448 g/mol. The summed E-state index contributed by atoms with van der Waals surface area (Å²) in [7, 11) is 0. The number of carbonyl (C=O) groups excluding carboxylic acids is 3. The summed E-state index contributed by atoms with van der Waals surface area (Å²) in [6.07, 6.45) is 4.14. The number of allylic oxidation sites excluding steroid dienone is 1. The molecule has 0 aromatic heterocycles. The van der Waals surface area contributed by atoms with Gasteiger partial charge in [0.05, 0.1) is 6.10 Å². The van der Waals surface area contributed by atoms with Crippen LogP contribution >= 0.6 is 0 Å². The van der Waals surface area contributed by atoms with E-state index in [1.807, 2.05) is 43.0 Å². The van der Waals surface area contributed by atoms with Gasteiger partial charge in [0, 0.05) is 43.0 Å². The Bertz CT molecular complexity index is 1050. The maximum absolute atomic E-state index is 12.6. The highest BCUT2D eigenvalue weighted by atomic mass is 16.5. The summed E-state index contributed by atoms with van der Waals surface area (Å²) in [6.45, 7) is 5.56. The number of ketones is 1. The third-order valence-electron chi connectivity index (χ3n) is 5.97. The van der Waals surface area contributed by atoms with Crippen LogP contribution in [-0.4, -0.2) is 52.8 Å². The molecule has 1 saturated heterocycles. The summed E-state index contributed by atoms with van der Waals surface area (Å²) < 4.78 is 5.58. The van der Waals surface area contributed by atoms with Crippen LogP contribution in [0.1, 0.15) is 42.6 Å². The van der Waals surface area contributed by atoms with Crippen LogP contribution in [0.25, 0.3) is 0 Å². The lowest BCUT2D eigenvalue weighted by atomic mass is 10.0. The fourth-order valence-corrected chi connectivity index (χ4v) is 4.23. The molecule has 3 amide bonds. The van der Waals surface area contributed by atoms with Crippen molar-refractivity contribution in [2.75, 3.05) is 18.4 Å². The monoisotopic (exact) mass is 447 g/mol. The van der Waals surface area contributed by atoms with E-state index in [0.29, 0.717) is 43.8 Å². The molecule has 2 aliphatic rings. The maximum atomic E-state index is 12.6. The standard InChI is InChI=1S/C26H29N3O4/c1-18(2)33-22-9-7-19(8-10-22)24(30)11-12-25(31)28-15-13-21(14-16-28)29-17-20-5-3-4-6-23(20)27-26(29)32/h3-12,18,21H,13-17H2,1-2H3,(H,27,32)/b12-11+. The van der Waals surface area contributed by atoms with Crippen molar-refractivity contribution >= 4 is 23.4 Å². The number of benzene rings is 2. The molecule has 2 aliphatic heterocycles. The number of amides is 3. The van der Waals surface area contributed by atoms with Gasteiger partial charge in [0.2, 0.25) is 5.91 Å². The van der Waals surface area contributed by atoms with Gasteiger partial charge in [-0.15, -0.1) is 0 Å². The highest BCUT2D eigenvalue weighted by Gasteiger charge is 2.32. The zero-order valence-electron chi connectivity index (χ0n) is 19.0. The van der Waals surface area contributed by atoms with Gasteiger partial charge in [0.15, 0.2) is 5.78 Å². The second kappa shape index (κ2) is 9.90. The Labute approximate surface area is 194 Å². The Morgan fingerprint density at radius 3 is 2.42 bits per heavy atom.